The highest BCUT2D eigenvalue weighted by Crippen LogP contribution is 2.32. The lowest BCUT2D eigenvalue weighted by atomic mass is 10.1. The minimum absolute atomic E-state index is 0.0507. The second kappa shape index (κ2) is 7.84. The number of amides is 1. The van der Waals surface area contributed by atoms with Gasteiger partial charge in [0.15, 0.2) is 5.58 Å². The van der Waals surface area contributed by atoms with Crippen LogP contribution in [0.25, 0.3) is 22.6 Å². The molecule has 0 saturated carbocycles. The molecule has 0 bridgehead atoms. The van der Waals surface area contributed by atoms with Crippen LogP contribution in [0.15, 0.2) is 65.1 Å². The van der Waals surface area contributed by atoms with E-state index >= 15 is 0 Å². The van der Waals surface area contributed by atoms with Crippen molar-refractivity contribution in [1.29, 1.82) is 0 Å². The summed E-state index contributed by atoms with van der Waals surface area (Å²) in [7, 11) is 0. The molecule has 0 aliphatic heterocycles. The molecule has 1 N–H and O–H groups in total. The fourth-order valence-corrected chi connectivity index (χ4v) is 3.11. The maximum Gasteiger partial charge on any atom is 0.273 e. The van der Waals surface area contributed by atoms with Crippen LogP contribution in [-0.4, -0.2) is 20.7 Å². The van der Waals surface area contributed by atoms with E-state index in [1.165, 1.54) is 30.3 Å². The van der Waals surface area contributed by atoms with Crippen molar-refractivity contribution >= 4 is 45.7 Å². The van der Waals surface area contributed by atoms with Crippen molar-refractivity contribution in [2.24, 2.45) is 0 Å². The molecule has 0 saturated heterocycles. The highest BCUT2D eigenvalue weighted by Gasteiger charge is 2.19. The third-order valence-corrected chi connectivity index (χ3v) is 4.72. The average molecular weight is 439 g/mol. The van der Waals surface area contributed by atoms with Gasteiger partial charge in [-0.2, -0.15) is 0 Å². The molecule has 3 aromatic carbocycles. The summed E-state index contributed by atoms with van der Waals surface area (Å²) in [6.07, 6.45) is 0. The van der Waals surface area contributed by atoms with Gasteiger partial charge in [0.05, 0.1) is 37.7 Å². The van der Waals surface area contributed by atoms with Gasteiger partial charge in [-0.15, -0.1) is 0 Å². The molecule has 0 aliphatic carbocycles. The number of oxazole rings is 1. The third kappa shape index (κ3) is 3.91. The second-order valence-corrected chi connectivity index (χ2v) is 6.76. The molecule has 0 atom stereocenters. The molecular formula is C20H11ClN4O6. The average Bonchev–Trinajstić information content (AvgIpc) is 3.17. The molecule has 4 rings (SSSR count). The summed E-state index contributed by atoms with van der Waals surface area (Å²) < 4.78 is 5.66. The Balaban J connectivity index is 1.71. The number of carbonyl (C=O) groups is 1. The predicted molar refractivity (Wildman–Crippen MR) is 112 cm³/mol. The summed E-state index contributed by atoms with van der Waals surface area (Å²) in [5, 5.41) is 24.7. The lowest BCUT2D eigenvalue weighted by molar-refractivity contribution is -0.385. The quantitative estimate of drug-likeness (QED) is 0.332. The van der Waals surface area contributed by atoms with Crippen molar-refractivity contribution in [2.75, 3.05) is 5.32 Å². The first-order valence-electron chi connectivity index (χ1n) is 8.73. The summed E-state index contributed by atoms with van der Waals surface area (Å²) in [4.78, 5) is 37.9. The number of non-ortho nitro benzene ring substituents is 2. The van der Waals surface area contributed by atoms with E-state index in [-0.39, 0.29) is 33.4 Å². The van der Waals surface area contributed by atoms with Gasteiger partial charge in [0, 0.05) is 18.2 Å². The normalized spacial score (nSPS) is 10.7. The lowest BCUT2D eigenvalue weighted by Crippen LogP contribution is -2.13. The number of hydrogen-bond acceptors (Lipinski definition) is 7. The maximum absolute atomic E-state index is 12.7. The van der Waals surface area contributed by atoms with Gasteiger partial charge in [-0.1, -0.05) is 23.7 Å². The molecule has 11 heteroatoms. The van der Waals surface area contributed by atoms with E-state index in [2.05, 4.69) is 10.3 Å². The monoisotopic (exact) mass is 438 g/mol. The van der Waals surface area contributed by atoms with Crippen LogP contribution in [0, 0.1) is 20.2 Å². The number of para-hydroxylation sites is 1. The molecule has 0 unspecified atom stereocenters. The standard InChI is InChI=1S/C20H11ClN4O6/c21-15-7-5-11(24(27)28)9-14(15)19(26)22-16-4-2-1-3-13(16)20-23-17-8-6-12(25(29)30)10-18(17)31-20/h1-10H,(H,22,26). The Kier molecular flexibility index (Phi) is 5.05. The van der Waals surface area contributed by atoms with Crippen LogP contribution in [-0.2, 0) is 0 Å². The van der Waals surface area contributed by atoms with Crippen LogP contribution in [0.1, 0.15) is 10.4 Å². The van der Waals surface area contributed by atoms with Crippen LogP contribution in [0.4, 0.5) is 17.1 Å². The molecule has 154 valence electrons. The van der Waals surface area contributed by atoms with E-state index in [1.54, 1.807) is 24.3 Å². The van der Waals surface area contributed by atoms with E-state index in [0.717, 1.165) is 6.07 Å². The third-order valence-electron chi connectivity index (χ3n) is 4.39. The fraction of sp³-hybridized carbons (Fsp3) is 0. The van der Waals surface area contributed by atoms with Crippen molar-refractivity contribution < 1.29 is 19.1 Å². The first-order chi connectivity index (χ1) is 14.8. The first kappa shape index (κ1) is 20.0. The van der Waals surface area contributed by atoms with Gasteiger partial charge in [-0.05, 0) is 24.3 Å². The number of nitro benzene ring substituents is 2. The van der Waals surface area contributed by atoms with E-state index < -0.39 is 15.8 Å². The SMILES string of the molecule is O=C(Nc1ccccc1-c1nc2ccc([N+](=O)[O-])cc2o1)c1cc([N+](=O)[O-])ccc1Cl. The van der Waals surface area contributed by atoms with Crippen molar-refractivity contribution in [3.8, 4) is 11.5 Å². The van der Waals surface area contributed by atoms with Gasteiger partial charge in [-0.3, -0.25) is 25.0 Å². The zero-order chi connectivity index (χ0) is 22.1. The molecule has 1 heterocycles. The molecule has 1 aromatic heterocycles. The largest absolute Gasteiger partial charge is 0.436 e. The minimum atomic E-state index is -0.659. The van der Waals surface area contributed by atoms with Crippen molar-refractivity contribution in [1.82, 2.24) is 4.98 Å². The summed E-state index contributed by atoms with van der Waals surface area (Å²) >= 11 is 6.04. The number of hydrogen-bond donors (Lipinski definition) is 1. The number of benzene rings is 3. The van der Waals surface area contributed by atoms with Gasteiger partial charge in [0.1, 0.15) is 5.52 Å². The summed E-state index contributed by atoms with van der Waals surface area (Å²) in [6, 6.07) is 14.2. The van der Waals surface area contributed by atoms with Gasteiger partial charge in [0.2, 0.25) is 5.89 Å². The Bertz CT molecular complexity index is 1370. The van der Waals surface area contributed by atoms with Crippen LogP contribution < -0.4 is 5.32 Å². The van der Waals surface area contributed by atoms with E-state index in [1.807, 2.05) is 0 Å². The highest BCUT2D eigenvalue weighted by atomic mass is 35.5. The summed E-state index contributed by atoms with van der Waals surface area (Å²) in [5.74, 6) is -0.524. The first-order valence-corrected chi connectivity index (χ1v) is 9.11. The number of nitrogens with zero attached hydrogens (tertiary/aromatic N) is 3. The number of anilines is 1. The summed E-state index contributed by atoms with van der Waals surface area (Å²) in [5.41, 5.74) is 0.863. The Labute approximate surface area is 178 Å². The molecule has 0 spiro atoms. The summed E-state index contributed by atoms with van der Waals surface area (Å²) in [6.45, 7) is 0. The molecular weight excluding hydrogens is 428 g/mol. The molecule has 4 aromatic rings. The highest BCUT2D eigenvalue weighted by molar-refractivity contribution is 6.34. The predicted octanol–water partition coefficient (Wildman–Crippen LogP) is 5.22. The molecule has 0 radical (unpaired) electrons. The number of aromatic nitrogens is 1. The molecule has 31 heavy (non-hydrogen) atoms. The number of fused-ring (bicyclic) bond motifs is 1. The molecule has 10 nitrogen and oxygen atoms in total. The van der Waals surface area contributed by atoms with Crippen molar-refractivity contribution in [3.63, 3.8) is 0 Å². The Morgan fingerprint density at radius 3 is 2.39 bits per heavy atom. The number of nitrogens with one attached hydrogen (secondary N) is 1. The van der Waals surface area contributed by atoms with Gasteiger partial charge < -0.3 is 9.73 Å². The Morgan fingerprint density at radius 2 is 1.65 bits per heavy atom. The van der Waals surface area contributed by atoms with Crippen LogP contribution in [0.3, 0.4) is 0 Å². The number of carbonyl (C=O) groups excluding carboxylic acids is 1. The topological polar surface area (TPSA) is 141 Å². The van der Waals surface area contributed by atoms with Crippen molar-refractivity contribution in [2.45, 2.75) is 0 Å². The van der Waals surface area contributed by atoms with E-state index in [9.17, 15) is 25.0 Å². The zero-order valence-corrected chi connectivity index (χ0v) is 16.2. The van der Waals surface area contributed by atoms with Crippen LogP contribution >= 0.6 is 11.6 Å². The number of halogens is 1. The van der Waals surface area contributed by atoms with E-state index in [4.69, 9.17) is 16.0 Å². The number of nitro groups is 2. The van der Waals surface area contributed by atoms with Crippen molar-refractivity contribution in [3.05, 3.63) is 91.5 Å². The molecule has 1 amide bonds. The second-order valence-electron chi connectivity index (χ2n) is 6.35. The van der Waals surface area contributed by atoms with Gasteiger partial charge in [0.25, 0.3) is 17.3 Å². The van der Waals surface area contributed by atoms with Gasteiger partial charge >= 0.3 is 0 Å². The van der Waals surface area contributed by atoms with Gasteiger partial charge in [-0.25, -0.2) is 4.98 Å². The smallest absolute Gasteiger partial charge is 0.273 e. The number of rotatable bonds is 5. The maximum atomic E-state index is 12.7. The van der Waals surface area contributed by atoms with Crippen LogP contribution in [0.5, 0.6) is 0 Å². The molecule has 0 fully saturated rings. The lowest BCUT2D eigenvalue weighted by Gasteiger charge is -2.10. The Hall–Kier alpha value is -4.31. The fourth-order valence-electron chi connectivity index (χ4n) is 2.91. The van der Waals surface area contributed by atoms with E-state index in [0.29, 0.717) is 16.8 Å². The minimum Gasteiger partial charge on any atom is -0.436 e. The zero-order valence-electron chi connectivity index (χ0n) is 15.4. The molecule has 0 aliphatic rings. The Morgan fingerprint density at radius 1 is 0.968 bits per heavy atom. The van der Waals surface area contributed by atoms with Crippen LogP contribution in [0.2, 0.25) is 5.02 Å².